The minimum Gasteiger partial charge on any atom is -0.338 e. The Morgan fingerprint density at radius 1 is 1.50 bits per heavy atom. The highest BCUT2D eigenvalue weighted by atomic mass is 35.5. The van der Waals surface area contributed by atoms with Gasteiger partial charge in [0, 0.05) is 13.1 Å². The Hall–Kier alpha value is -0.580. The predicted octanol–water partition coefficient (Wildman–Crippen LogP) is 2.63. The molecule has 0 bridgehead atoms. The second-order valence-electron chi connectivity index (χ2n) is 4.61. The van der Waals surface area contributed by atoms with Gasteiger partial charge in [-0.25, -0.2) is 0 Å². The minimum absolute atomic E-state index is 0. The quantitative estimate of drug-likeness (QED) is 0.924. The van der Waals surface area contributed by atoms with Gasteiger partial charge in [0.25, 0.3) is 5.91 Å². The number of rotatable bonds is 4. The first-order chi connectivity index (χ1) is 8.31. The van der Waals surface area contributed by atoms with E-state index in [1.54, 1.807) is 0 Å². The zero-order valence-electron chi connectivity index (χ0n) is 10.7. The molecule has 0 unspecified atom stereocenters. The second-order valence-corrected chi connectivity index (χ2v) is 5.55. The fourth-order valence-electron chi connectivity index (χ4n) is 2.33. The molecule has 0 aromatic carbocycles. The number of nitrogens with zero attached hydrogens (tertiary/aromatic N) is 1. The number of carbonyl (C=O) groups excluding carboxylic acids is 1. The Morgan fingerprint density at radius 3 is 2.78 bits per heavy atom. The molecule has 0 saturated carbocycles. The molecule has 102 valence electrons. The van der Waals surface area contributed by atoms with Crippen molar-refractivity contribution in [3.05, 3.63) is 22.4 Å². The first-order valence-electron chi connectivity index (χ1n) is 6.28. The molecule has 0 radical (unpaired) electrons. The SMILES string of the molecule is CNCCC1CCN(C(=O)c2cccs2)CC1.Cl. The fourth-order valence-corrected chi connectivity index (χ4v) is 3.02. The van der Waals surface area contributed by atoms with Crippen LogP contribution in [0.2, 0.25) is 0 Å². The van der Waals surface area contributed by atoms with E-state index in [9.17, 15) is 4.79 Å². The molecule has 1 fully saturated rings. The van der Waals surface area contributed by atoms with Crippen molar-refractivity contribution in [3.8, 4) is 0 Å². The summed E-state index contributed by atoms with van der Waals surface area (Å²) < 4.78 is 0. The van der Waals surface area contributed by atoms with Crippen LogP contribution in [-0.2, 0) is 0 Å². The van der Waals surface area contributed by atoms with Crippen LogP contribution in [0.25, 0.3) is 0 Å². The number of piperidine rings is 1. The number of hydrogen-bond acceptors (Lipinski definition) is 3. The number of halogens is 1. The maximum absolute atomic E-state index is 12.1. The van der Waals surface area contributed by atoms with Crippen molar-refractivity contribution >= 4 is 29.7 Å². The standard InChI is InChI=1S/C13H20N2OS.ClH/c1-14-7-4-11-5-8-15(9-6-11)13(16)12-3-2-10-17-12;/h2-3,10-11,14H,4-9H2,1H3;1H. The number of carbonyl (C=O) groups is 1. The van der Waals surface area contributed by atoms with Crippen LogP contribution in [0.15, 0.2) is 17.5 Å². The second kappa shape index (κ2) is 7.77. The Kier molecular flexibility index (Phi) is 6.68. The Balaban J connectivity index is 0.00000162. The summed E-state index contributed by atoms with van der Waals surface area (Å²) in [4.78, 5) is 15.0. The van der Waals surface area contributed by atoms with Crippen molar-refractivity contribution in [3.63, 3.8) is 0 Å². The molecule has 18 heavy (non-hydrogen) atoms. The third kappa shape index (κ3) is 3.97. The molecule has 5 heteroatoms. The Bertz CT molecular complexity index is 348. The molecule has 0 spiro atoms. The summed E-state index contributed by atoms with van der Waals surface area (Å²) in [6, 6.07) is 3.86. The van der Waals surface area contributed by atoms with Gasteiger partial charge in [0.15, 0.2) is 0 Å². The van der Waals surface area contributed by atoms with Gasteiger partial charge in [0.2, 0.25) is 0 Å². The molecule has 3 nitrogen and oxygen atoms in total. The molecule has 0 aliphatic carbocycles. The number of thiophene rings is 1. The lowest BCUT2D eigenvalue weighted by Gasteiger charge is -2.31. The third-order valence-electron chi connectivity index (χ3n) is 3.44. The maximum atomic E-state index is 12.1. The Morgan fingerprint density at radius 2 is 2.22 bits per heavy atom. The maximum Gasteiger partial charge on any atom is 0.263 e. The fraction of sp³-hybridized carbons (Fsp3) is 0.615. The molecule has 1 amide bonds. The van der Waals surface area contributed by atoms with E-state index in [1.807, 2.05) is 29.5 Å². The van der Waals surface area contributed by atoms with Crippen molar-refractivity contribution < 1.29 is 4.79 Å². The van der Waals surface area contributed by atoms with Gasteiger partial charge in [-0.2, -0.15) is 0 Å². The van der Waals surface area contributed by atoms with Gasteiger partial charge in [0.1, 0.15) is 0 Å². The molecule has 1 aromatic heterocycles. The van der Waals surface area contributed by atoms with E-state index in [0.717, 1.165) is 43.3 Å². The van der Waals surface area contributed by atoms with Crippen LogP contribution in [0.4, 0.5) is 0 Å². The van der Waals surface area contributed by atoms with Crippen LogP contribution in [0.3, 0.4) is 0 Å². The largest absolute Gasteiger partial charge is 0.338 e. The van der Waals surface area contributed by atoms with Gasteiger partial charge in [-0.1, -0.05) is 6.07 Å². The van der Waals surface area contributed by atoms with E-state index in [4.69, 9.17) is 0 Å². The van der Waals surface area contributed by atoms with Crippen LogP contribution in [0.1, 0.15) is 28.9 Å². The van der Waals surface area contributed by atoms with E-state index in [0.29, 0.717) is 0 Å². The van der Waals surface area contributed by atoms with Gasteiger partial charge in [0.05, 0.1) is 4.88 Å². The highest BCUT2D eigenvalue weighted by molar-refractivity contribution is 7.12. The number of nitrogens with one attached hydrogen (secondary N) is 1. The number of likely N-dealkylation sites (tertiary alicyclic amines) is 1. The minimum atomic E-state index is 0. The zero-order chi connectivity index (χ0) is 12.1. The summed E-state index contributed by atoms with van der Waals surface area (Å²) in [5.41, 5.74) is 0. The molecule has 0 atom stereocenters. The molecule has 2 heterocycles. The molecule has 2 rings (SSSR count). The smallest absolute Gasteiger partial charge is 0.263 e. The van der Waals surface area contributed by atoms with Crippen molar-refractivity contribution in [1.29, 1.82) is 0 Å². The monoisotopic (exact) mass is 288 g/mol. The van der Waals surface area contributed by atoms with E-state index in [2.05, 4.69) is 5.32 Å². The molecule has 1 saturated heterocycles. The van der Waals surface area contributed by atoms with Crippen LogP contribution < -0.4 is 5.32 Å². The number of hydrogen-bond donors (Lipinski definition) is 1. The summed E-state index contributed by atoms with van der Waals surface area (Å²) in [6.45, 7) is 2.93. The lowest BCUT2D eigenvalue weighted by Crippen LogP contribution is -2.38. The molecule has 1 aliphatic heterocycles. The average molecular weight is 289 g/mol. The molecule has 1 aliphatic rings. The average Bonchev–Trinajstić information content (AvgIpc) is 2.90. The van der Waals surface area contributed by atoms with Gasteiger partial charge >= 0.3 is 0 Å². The molecular weight excluding hydrogens is 268 g/mol. The summed E-state index contributed by atoms with van der Waals surface area (Å²) in [6.07, 6.45) is 3.54. The lowest BCUT2D eigenvalue weighted by molar-refractivity contribution is 0.0692. The van der Waals surface area contributed by atoms with E-state index in [-0.39, 0.29) is 18.3 Å². The number of amides is 1. The topological polar surface area (TPSA) is 32.3 Å². The van der Waals surface area contributed by atoms with Crippen LogP contribution in [0, 0.1) is 5.92 Å². The van der Waals surface area contributed by atoms with Crippen molar-refractivity contribution in [2.24, 2.45) is 5.92 Å². The van der Waals surface area contributed by atoms with Crippen molar-refractivity contribution in [2.45, 2.75) is 19.3 Å². The zero-order valence-corrected chi connectivity index (χ0v) is 12.4. The van der Waals surface area contributed by atoms with Crippen molar-refractivity contribution in [2.75, 3.05) is 26.7 Å². The summed E-state index contributed by atoms with van der Waals surface area (Å²) >= 11 is 1.54. The third-order valence-corrected chi connectivity index (χ3v) is 4.29. The van der Waals surface area contributed by atoms with Gasteiger partial charge in [-0.15, -0.1) is 23.7 Å². The van der Waals surface area contributed by atoms with Crippen molar-refractivity contribution in [1.82, 2.24) is 10.2 Å². The van der Waals surface area contributed by atoms with Crippen LogP contribution in [-0.4, -0.2) is 37.5 Å². The highest BCUT2D eigenvalue weighted by Gasteiger charge is 2.23. The first-order valence-corrected chi connectivity index (χ1v) is 7.16. The van der Waals surface area contributed by atoms with E-state index < -0.39 is 0 Å². The van der Waals surface area contributed by atoms with Gasteiger partial charge in [-0.3, -0.25) is 4.79 Å². The summed E-state index contributed by atoms with van der Waals surface area (Å²) in [5, 5.41) is 5.16. The molecule has 1 N–H and O–H groups in total. The van der Waals surface area contributed by atoms with E-state index >= 15 is 0 Å². The highest BCUT2D eigenvalue weighted by Crippen LogP contribution is 2.22. The first kappa shape index (κ1) is 15.5. The normalized spacial score (nSPS) is 16.4. The predicted molar refractivity (Wildman–Crippen MR) is 78.7 cm³/mol. The summed E-state index contributed by atoms with van der Waals surface area (Å²) in [7, 11) is 2.00. The van der Waals surface area contributed by atoms with Crippen LogP contribution >= 0.6 is 23.7 Å². The lowest BCUT2D eigenvalue weighted by atomic mass is 9.93. The van der Waals surface area contributed by atoms with Crippen LogP contribution in [0.5, 0.6) is 0 Å². The van der Waals surface area contributed by atoms with Gasteiger partial charge in [-0.05, 0) is 50.2 Å². The summed E-state index contributed by atoms with van der Waals surface area (Å²) in [5.74, 6) is 1.00. The molecule has 1 aromatic rings. The Labute approximate surface area is 119 Å². The van der Waals surface area contributed by atoms with Gasteiger partial charge < -0.3 is 10.2 Å². The molecular formula is C13H21ClN2OS. The van der Waals surface area contributed by atoms with E-state index in [1.165, 1.54) is 17.8 Å².